The summed E-state index contributed by atoms with van der Waals surface area (Å²) in [5.41, 5.74) is 9.30. The summed E-state index contributed by atoms with van der Waals surface area (Å²) in [5.74, 6) is 5.69. The zero-order valence-corrected chi connectivity index (χ0v) is 42.5. The molecule has 0 saturated carbocycles. The summed E-state index contributed by atoms with van der Waals surface area (Å²) in [6.45, 7) is 0. The van der Waals surface area contributed by atoms with Gasteiger partial charge in [0, 0.05) is 65.3 Å². The second-order valence-corrected chi connectivity index (χ2v) is 17.8. The number of benzene rings is 8. The minimum absolute atomic E-state index is 0. The van der Waals surface area contributed by atoms with Crippen LogP contribution < -0.4 is 47.9 Å². The maximum Gasteiger partial charge on any atom is 2.00 e. The summed E-state index contributed by atoms with van der Waals surface area (Å²) in [5, 5.41) is 10.7. The largest absolute Gasteiger partial charge is 2.00 e. The molecule has 0 spiro atoms. The molecule has 8 bridgehead atoms. The normalized spacial score (nSPS) is 11.7. The van der Waals surface area contributed by atoms with Crippen molar-refractivity contribution in [1.82, 2.24) is 19.9 Å². The Bertz CT molecular complexity index is 3810. The van der Waals surface area contributed by atoms with E-state index in [-0.39, 0.29) is 20.4 Å². The molecule has 2 aliphatic rings. The van der Waals surface area contributed by atoms with Gasteiger partial charge in [0.05, 0.1) is 79.7 Å². The van der Waals surface area contributed by atoms with Crippen LogP contribution in [-0.2, 0) is 20.4 Å². The third kappa shape index (κ3) is 6.83. The van der Waals surface area contributed by atoms with Crippen molar-refractivity contribution in [1.29, 1.82) is 0 Å². The smallest absolute Gasteiger partial charge is 0.657 e. The third-order valence-corrected chi connectivity index (χ3v) is 14.3. The molecule has 0 radical (unpaired) electrons. The Balaban J connectivity index is 0.00000543. The van der Waals surface area contributed by atoms with Gasteiger partial charge in [0.15, 0.2) is 0 Å². The van der Waals surface area contributed by atoms with E-state index in [4.69, 9.17) is 57.8 Å². The Morgan fingerprint density at radius 2 is 0.425 bits per heavy atom. The topological polar surface area (TPSA) is 128 Å². The van der Waals surface area contributed by atoms with Gasteiger partial charge < -0.3 is 47.9 Å². The zero-order valence-electron chi connectivity index (χ0n) is 40.9. The molecule has 0 atom stereocenters. The van der Waals surface area contributed by atoms with Crippen LogP contribution in [0.1, 0.15) is 0 Å². The van der Waals surface area contributed by atoms with Crippen molar-refractivity contribution in [2.75, 3.05) is 56.9 Å². The van der Waals surface area contributed by atoms with Gasteiger partial charge in [-0.15, -0.1) is 22.1 Å². The van der Waals surface area contributed by atoms with Crippen LogP contribution in [0.2, 0.25) is 0 Å². The summed E-state index contributed by atoms with van der Waals surface area (Å²) in [6, 6.07) is 40.7. The van der Waals surface area contributed by atoms with E-state index >= 15 is 0 Å². The number of nitrogens with zero attached hydrogens (tertiary/aromatic N) is 4. The van der Waals surface area contributed by atoms with Gasteiger partial charge in [0.25, 0.3) is 0 Å². The van der Waals surface area contributed by atoms with Crippen LogP contribution in [0.15, 0.2) is 121 Å². The molecule has 13 heteroatoms. The summed E-state index contributed by atoms with van der Waals surface area (Å²) in [7, 11) is 13.4. The van der Waals surface area contributed by atoms with Crippen LogP contribution in [0.4, 0.5) is 0 Å². The quantitative estimate of drug-likeness (QED) is 0.134. The molecule has 0 unspecified atom stereocenters. The van der Waals surface area contributed by atoms with Gasteiger partial charge in [-0.25, -0.2) is 9.97 Å². The van der Waals surface area contributed by atoms with Gasteiger partial charge in [0.2, 0.25) is 0 Å². The van der Waals surface area contributed by atoms with E-state index < -0.39 is 0 Å². The fraction of sp³-hybridized carbons (Fsp3) is 0.133. The number of methoxy groups -OCH3 is 8. The first-order valence-electron chi connectivity index (χ1n) is 23.3. The molecule has 0 amide bonds. The summed E-state index contributed by atoms with van der Waals surface area (Å²) >= 11 is 0. The molecule has 0 saturated heterocycles. The SMILES string of the molecule is COc1ccc(OC)c2cc3c(cc12)-c1cc2[n-]c(cc4nc(cc5[n-]c(cc-3n1)c1cc3c(OC)ccc(OC)c3cc51)-c1cc3c(OC)ccc(OC)c3cc1-4)c1cc3c(OC)ccc(OC)c3cc21.[Pd+2]. The first-order valence-corrected chi connectivity index (χ1v) is 23.3. The summed E-state index contributed by atoms with van der Waals surface area (Å²) in [4.78, 5) is 21.9. The predicted molar refractivity (Wildman–Crippen MR) is 285 cm³/mol. The molecule has 0 N–H and O–H groups in total. The van der Waals surface area contributed by atoms with Crippen molar-refractivity contribution < 1.29 is 58.3 Å². The van der Waals surface area contributed by atoms with Crippen molar-refractivity contribution >= 4 is 86.7 Å². The standard InChI is InChI=1S/C60H44N4O8.Pd/c1-65-53-9-10-54(66-2)38-18-30-29(17-37(38)53)45-25-47-31-19-39-40(56(68-4)12-11-55(39)67-3)20-32(31)49(62-47)27-51-35-23-43-44(60(72-8)16-15-59(43)71-7)24-36(35)52(64-51)28-50-34-22-42-41(57(69-5)13-14-58(42)70-6)21-33(34)48(63-50)26-46(30)61-45;/h9-28H,1-8H3;/q-2;+2. The number of hydrogen-bond donors (Lipinski definition) is 0. The second kappa shape index (κ2) is 17.4. The number of rotatable bonds is 8. The fourth-order valence-electron chi connectivity index (χ4n) is 10.9. The van der Waals surface area contributed by atoms with Crippen LogP contribution in [0.25, 0.3) is 132 Å². The van der Waals surface area contributed by atoms with Gasteiger partial charge in [-0.05, 0) is 143 Å². The van der Waals surface area contributed by atoms with Crippen LogP contribution in [-0.4, -0.2) is 66.8 Å². The molecule has 5 heterocycles. The average Bonchev–Trinajstić information content (AvgIpc) is 4.14. The monoisotopic (exact) mass is 1050 g/mol. The van der Waals surface area contributed by atoms with Crippen LogP contribution >= 0.6 is 0 Å². The van der Waals surface area contributed by atoms with Gasteiger partial charge in [-0.3, -0.25) is 0 Å². The van der Waals surface area contributed by atoms with E-state index in [0.717, 1.165) is 86.9 Å². The van der Waals surface area contributed by atoms with Crippen LogP contribution in [0.5, 0.6) is 46.0 Å². The van der Waals surface area contributed by atoms with E-state index in [1.165, 1.54) is 0 Å². The Labute approximate surface area is 432 Å². The van der Waals surface area contributed by atoms with E-state index in [0.29, 0.717) is 90.8 Å². The Hall–Kier alpha value is -8.50. The zero-order chi connectivity index (χ0) is 49.1. The predicted octanol–water partition coefficient (Wildman–Crippen LogP) is 13.2. The molecule has 8 aromatic carbocycles. The average molecular weight is 1060 g/mol. The Kier molecular flexibility index (Phi) is 10.9. The van der Waals surface area contributed by atoms with Crippen molar-refractivity contribution in [3.8, 4) is 91.0 Å². The molecule has 3 aromatic heterocycles. The second-order valence-electron chi connectivity index (χ2n) is 17.8. The molecular weight excluding hydrogens is 1010 g/mol. The molecule has 13 rings (SSSR count). The summed E-state index contributed by atoms with van der Waals surface area (Å²) in [6.07, 6.45) is 0. The molecule has 0 aliphatic carbocycles. The van der Waals surface area contributed by atoms with Crippen molar-refractivity contribution in [3.63, 3.8) is 0 Å². The summed E-state index contributed by atoms with van der Waals surface area (Å²) < 4.78 is 47.6. The molecule has 11 aromatic rings. The number of ether oxygens (including phenoxy) is 8. The molecule has 12 nitrogen and oxygen atoms in total. The first-order chi connectivity index (χ1) is 35.3. The van der Waals surface area contributed by atoms with Gasteiger partial charge >= 0.3 is 20.4 Å². The van der Waals surface area contributed by atoms with Gasteiger partial charge in [-0.1, -0.05) is 0 Å². The third-order valence-electron chi connectivity index (χ3n) is 14.3. The molecule has 73 heavy (non-hydrogen) atoms. The van der Waals surface area contributed by atoms with E-state index in [1.54, 1.807) is 56.9 Å². The van der Waals surface area contributed by atoms with Crippen LogP contribution in [0.3, 0.4) is 0 Å². The minimum Gasteiger partial charge on any atom is -0.657 e. The van der Waals surface area contributed by atoms with Crippen molar-refractivity contribution in [2.45, 2.75) is 0 Å². The fourth-order valence-corrected chi connectivity index (χ4v) is 10.9. The van der Waals surface area contributed by atoms with Crippen LogP contribution in [0, 0.1) is 0 Å². The maximum absolute atomic E-state index is 5.95. The number of aromatic nitrogens is 4. The molecule has 362 valence electrons. The van der Waals surface area contributed by atoms with Gasteiger partial charge in [-0.2, -0.15) is 0 Å². The Morgan fingerprint density at radius 1 is 0.247 bits per heavy atom. The van der Waals surface area contributed by atoms with Gasteiger partial charge in [0.1, 0.15) is 46.0 Å². The molecular formula is C60H44N4O8Pd. The van der Waals surface area contributed by atoms with E-state index in [2.05, 4.69) is 72.8 Å². The number of fused-ring (bicyclic) bond motifs is 24. The molecule has 0 fully saturated rings. The number of hydrogen-bond acceptors (Lipinski definition) is 10. The van der Waals surface area contributed by atoms with Crippen molar-refractivity contribution in [3.05, 3.63) is 121 Å². The minimum atomic E-state index is 0. The van der Waals surface area contributed by atoms with E-state index in [1.807, 2.05) is 48.5 Å². The van der Waals surface area contributed by atoms with E-state index in [9.17, 15) is 0 Å². The first kappa shape index (κ1) is 45.6. The van der Waals surface area contributed by atoms with Crippen molar-refractivity contribution in [2.24, 2.45) is 0 Å². The molecule has 2 aliphatic heterocycles. The maximum atomic E-state index is 5.95. The Morgan fingerprint density at radius 3 is 0.603 bits per heavy atom.